The first-order valence-corrected chi connectivity index (χ1v) is 11.3. The second-order valence-corrected chi connectivity index (χ2v) is 7.85. The van der Waals surface area contributed by atoms with Gasteiger partial charge in [-0.2, -0.15) is 0 Å². The van der Waals surface area contributed by atoms with Crippen molar-refractivity contribution in [2.45, 2.75) is 59.8 Å². The van der Waals surface area contributed by atoms with Gasteiger partial charge in [0.15, 0.2) is 17.3 Å². The lowest BCUT2D eigenvalue weighted by atomic mass is 10.1. The third-order valence-corrected chi connectivity index (χ3v) is 4.47. The maximum atomic E-state index is 9.69. The summed E-state index contributed by atoms with van der Waals surface area (Å²) in [6.07, 6.45) is 11.0. The van der Waals surface area contributed by atoms with Gasteiger partial charge in [-0.1, -0.05) is 79.0 Å². The van der Waals surface area contributed by atoms with Crippen molar-refractivity contribution in [3.05, 3.63) is 82.8 Å². The van der Waals surface area contributed by atoms with E-state index in [-0.39, 0.29) is 5.78 Å². The van der Waals surface area contributed by atoms with Crippen molar-refractivity contribution in [3.63, 3.8) is 0 Å². The van der Waals surface area contributed by atoms with Crippen molar-refractivity contribution in [3.8, 4) is 0 Å². The number of ether oxygens (including phenoxy) is 2. The Kier molecular flexibility index (Phi) is 16.5. The lowest BCUT2D eigenvalue weighted by Crippen LogP contribution is -2.14. The fourth-order valence-corrected chi connectivity index (χ4v) is 2.45. The second-order valence-electron chi connectivity index (χ2n) is 6.93. The molecule has 0 radical (unpaired) electrons. The summed E-state index contributed by atoms with van der Waals surface area (Å²) in [5.41, 5.74) is 2.42. The topological polar surface area (TPSA) is 35.5 Å². The fraction of sp³-hybridized carbons (Fsp3) is 0.423. The molecule has 0 bridgehead atoms. The van der Waals surface area contributed by atoms with Crippen LogP contribution < -0.4 is 0 Å². The van der Waals surface area contributed by atoms with Gasteiger partial charge in [0, 0.05) is 4.47 Å². The van der Waals surface area contributed by atoms with Gasteiger partial charge in [0.05, 0.1) is 0 Å². The molecule has 0 aliphatic carbocycles. The summed E-state index contributed by atoms with van der Waals surface area (Å²) >= 11 is 3.35. The van der Waals surface area contributed by atoms with Gasteiger partial charge in [-0.15, -0.1) is 0 Å². The molecule has 1 aromatic carbocycles. The van der Waals surface area contributed by atoms with Gasteiger partial charge in [-0.25, -0.2) is 0 Å². The Morgan fingerprint density at radius 1 is 1.10 bits per heavy atom. The number of hydrogen-bond acceptors (Lipinski definition) is 3. The normalized spacial score (nSPS) is 15.0. The first-order chi connectivity index (χ1) is 14.3. The SMILES string of the molecule is C=C(/C=C1/OCCO/C1=C/CCC)CCCC.C=CC(C)=O.Cc1ccc(Br)cc1. The van der Waals surface area contributed by atoms with Gasteiger partial charge in [0.25, 0.3) is 0 Å². The highest BCUT2D eigenvalue weighted by Crippen LogP contribution is 2.22. The molecule has 0 saturated carbocycles. The molecule has 0 aromatic heterocycles. The molecular formula is C26H37BrO3. The van der Waals surface area contributed by atoms with E-state index >= 15 is 0 Å². The monoisotopic (exact) mass is 476 g/mol. The van der Waals surface area contributed by atoms with Crippen molar-refractivity contribution < 1.29 is 14.3 Å². The predicted octanol–water partition coefficient (Wildman–Crippen LogP) is 7.87. The zero-order valence-corrected chi connectivity index (χ0v) is 20.6. The first kappa shape index (κ1) is 27.9. The summed E-state index contributed by atoms with van der Waals surface area (Å²) in [5, 5.41) is 0. The number of halogens is 1. The molecular weight excluding hydrogens is 440 g/mol. The molecule has 0 spiro atoms. The molecule has 1 aromatic rings. The van der Waals surface area contributed by atoms with Crippen LogP contribution in [-0.4, -0.2) is 19.0 Å². The molecule has 3 nitrogen and oxygen atoms in total. The first-order valence-electron chi connectivity index (χ1n) is 10.5. The van der Waals surface area contributed by atoms with E-state index in [9.17, 15) is 4.79 Å². The van der Waals surface area contributed by atoms with Gasteiger partial charge >= 0.3 is 0 Å². The van der Waals surface area contributed by atoms with Crippen LogP contribution >= 0.6 is 15.9 Å². The number of unbranched alkanes of at least 4 members (excludes halogenated alkanes) is 2. The number of carbonyl (C=O) groups is 1. The van der Waals surface area contributed by atoms with Gasteiger partial charge in [-0.3, -0.25) is 4.79 Å². The van der Waals surface area contributed by atoms with Crippen molar-refractivity contribution in [2.24, 2.45) is 0 Å². The van der Waals surface area contributed by atoms with Crippen LogP contribution in [0.5, 0.6) is 0 Å². The average Bonchev–Trinajstić information content (AvgIpc) is 2.74. The Hall–Kier alpha value is -2.07. The highest BCUT2D eigenvalue weighted by molar-refractivity contribution is 9.10. The molecule has 0 unspecified atom stereocenters. The third kappa shape index (κ3) is 14.9. The van der Waals surface area contributed by atoms with E-state index in [1.165, 1.54) is 31.4 Å². The Morgan fingerprint density at radius 3 is 2.13 bits per heavy atom. The quantitative estimate of drug-likeness (QED) is 0.375. The molecule has 1 aliphatic rings. The zero-order chi connectivity index (χ0) is 22.8. The molecule has 4 heteroatoms. The molecule has 1 fully saturated rings. The van der Waals surface area contributed by atoms with E-state index < -0.39 is 0 Å². The van der Waals surface area contributed by atoms with Crippen LogP contribution in [0.25, 0.3) is 0 Å². The summed E-state index contributed by atoms with van der Waals surface area (Å²) in [5.74, 6) is 1.76. The largest absolute Gasteiger partial charge is 0.486 e. The number of rotatable bonds is 7. The Bertz CT molecular complexity index is 678. The second kappa shape index (κ2) is 17.8. The zero-order valence-electron chi connectivity index (χ0n) is 19.0. The summed E-state index contributed by atoms with van der Waals surface area (Å²) in [6, 6.07) is 8.22. The van der Waals surface area contributed by atoms with Crippen LogP contribution in [0.1, 0.15) is 58.4 Å². The number of allylic oxidation sites excluding steroid dienone is 4. The van der Waals surface area contributed by atoms with E-state index in [0.717, 1.165) is 40.8 Å². The Morgan fingerprint density at radius 2 is 1.67 bits per heavy atom. The predicted molar refractivity (Wildman–Crippen MR) is 131 cm³/mol. The van der Waals surface area contributed by atoms with Crippen molar-refractivity contribution in [1.29, 1.82) is 0 Å². The molecule has 1 aliphatic heterocycles. The van der Waals surface area contributed by atoms with Crippen LogP contribution in [0.3, 0.4) is 0 Å². The highest BCUT2D eigenvalue weighted by atomic mass is 79.9. The van der Waals surface area contributed by atoms with E-state index in [1.54, 1.807) is 0 Å². The number of carbonyl (C=O) groups excluding carboxylic acids is 1. The number of ketones is 1. The number of aryl methyl sites for hydroxylation is 1. The van der Waals surface area contributed by atoms with Crippen LogP contribution in [0.4, 0.5) is 0 Å². The minimum Gasteiger partial charge on any atom is -0.486 e. The van der Waals surface area contributed by atoms with E-state index in [0.29, 0.717) is 13.2 Å². The molecule has 2 rings (SSSR count). The number of benzene rings is 1. The smallest absolute Gasteiger partial charge is 0.161 e. The molecule has 0 atom stereocenters. The van der Waals surface area contributed by atoms with Gasteiger partial charge in [0.1, 0.15) is 13.2 Å². The summed E-state index contributed by atoms with van der Waals surface area (Å²) in [4.78, 5) is 9.69. The van der Waals surface area contributed by atoms with Crippen LogP contribution in [0.2, 0.25) is 0 Å². The van der Waals surface area contributed by atoms with Crippen LogP contribution in [0.15, 0.2) is 77.2 Å². The van der Waals surface area contributed by atoms with E-state index in [4.69, 9.17) is 9.47 Å². The van der Waals surface area contributed by atoms with E-state index in [1.807, 2.05) is 18.2 Å². The molecule has 1 saturated heterocycles. The maximum absolute atomic E-state index is 9.69. The highest BCUT2D eigenvalue weighted by Gasteiger charge is 2.13. The third-order valence-electron chi connectivity index (χ3n) is 3.94. The maximum Gasteiger partial charge on any atom is 0.161 e. The minimum atomic E-state index is 0.0185. The van der Waals surface area contributed by atoms with Crippen LogP contribution in [-0.2, 0) is 14.3 Å². The Labute approximate surface area is 191 Å². The van der Waals surface area contributed by atoms with E-state index in [2.05, 4.69) is 68.1 Å². The number of hydrogen-bond donors (Lipinski definition) is 0. The van der Waals surface area contributed by atoms with Crippen LogP contribution in [0, 0.1) is 6.92 Å². The van der Waals surface area contributed by atoms with Gasteiger partial charge < -0.3 is 9.47 Å². The van der Waals surface area contributed by atoms with Crippen molar-refractivity contribution >= 4 is 21.7 Å². The van der Waals surface area contributed by atoms with Gasteiger partial charge in [0.2, 0.25) is 0 Å². The lowest BCUT2D eigenvalue weighted by molar-refractivity contribution is -0.112. The molecule has 30 heavy (non-hydrogen) atoms. The fourth-order valence-electron chi connectivity index (χ4n) is 2.19. The van der Waals surface area contributed by atoms with Gasteiger partial charge in [-0.05, 0) is 63.5 Å². The lowest BCUT2D eigenvalue weighted by Gasteiger charge is -2.21. The molecule has 0 N–H and O–H groups in total. The molecule has 1 heterocycles. The summed E-state index contributed by atoms with van der Waals surface area (Å²) < 4.78 is 12.4. The average molecular weight is 477 g/mol. The molecule has 0 amide bonds. The molecule has 166 valence electrons. The summed E-state index contributed by atoms with van der Waals surface area (Å²) in [6.45, 7) is 16.4. The standard InChI is InChI=1S/C15H24O2.C7H7Br.C4H6O/c1-4-6-8-13(3)12-15-14(9-7-5-2)16-10-11-17-15;1-6-2-4-7(8)5-3-6;1-3-4(2)5/h9,12H,3-8,10-11H2,1-2H3;2-5H,1H3;3H,1H2,2H3/b14-9+,15-12+;;. The minimum absolute atomic E-state index is 0.0185. The summed E-state index contributed by atoms with van der Waals surface area (Å²) in [7, 11) is 0. The van der Waals surface area contributed by atoms with Crippen molar-refractivity contribution in [1.82, 2.24) is 0 Å². The Balaban J connectivity index is 0.000000531. The van der Waals surface area contributed by atoms with Crippen molar-refractivity contribution in [2.75, 3.05) is 13.2 Å².